The Hall–Kier alpha value is -1.51. The monoisotopic (exact) mass is 218 g/mol. The third-order valence-corrected chi connectivity index (χ3v) is 3.17. The molecule has 3 nitrogen and oxygen atoms in total. The highest BCUT2D eigenvalue weighted by Crippen LogP contribution is 2.27. The number of benzene rings is 1. The average Bonchev–Trinajstić information content (AvgIpc) is 2.27. The highest BCUT2D eigenvalue weighted by atomic mass is 16.1. The maximum atomic E-state index is 11.2. The van der Waals surface area contributed by atoms with E-state index in [-0.39, 0.29) is 5.91 Å². The van der Waals surface area contributed by atoms with E-state index in [2.05, 4.69) is 43.2 Å². The topological polar surface area (TPSA) is 32.3 Å². The number of nitrogens with zero attached hydrogens (tertiary/aromatic N) is 1. The second-order valence-corrected chi connectivity index (χ2v) is 4.59. The minimum absolute atomic E-state index is 0.123. The molecule has 0 aromatic heterocycles. The van der Waals surface area contributed by atoms with Gasteiger partial charge < -0.3 is 10.2 Å². The van der Waals surface area contributed by atoms with Gasteiger partial charge in [-0.25, -0.2) is 0 Å². The van der Waals surface area contributed by atoms with Crippen LogP contribution in [0.15, 0.2) is 18.2 Å². The largest absolute Gasteiger partial charge is 0.372 e. The van der Waals surface area contributed by atoms with Crippen LogP contribution >= 0.6 is 0 Å². The highest BCUT2D eigenvalue weighted by molar-refractivity contribution is 5.94. The molecule has 1 aliphatic heterocycles. The van der Waals surface area contributed by atoms with Crippen LogP contribution in [0.3, 0.4) is 0 Å². The van der Waals surface area contributed by atoms with Crippen molar-refractivity contribution < 1.29 is 4.79 Å². The molecule has 0 aliphatic carbocycles. The molecule has 1 aromatic rings. The number of fused-ring (bicyclic) bond motifs is 1. The molecule has 0 radical (unpaired) electrons. The summed E-state index contributed by atoms with van der Waals surface area (Å²) in [5.74, 6) is 0.123. The first-order chi connectivity index (χ1) is 7.58. The molecule has 0 fully saturated rings. The van der Waals surface area contributed by atoms with Gasteiger partial charge in [0, 0.05) is 30.9 Å². The Kier molecular flexibility index (Phi) is 2.86. The van der Waals surface area contributed by atoms with Crippen molar-refractivity contribution >= 4 is 17.3 Å². The van der Waals surface area contributed by atoms with Gasteiger partial charge in [0.05, 0.1) is 0 Å². The van der Waals surface area contributed by atoms with E-state index >= 15 is 0 Å². The lowest BCUT2D eigenvalue weighted by Crippen LogP contribution is -2.26. The fourth-order valence-electron chi connectivity index (χ4n) is 1.89. The molecule has 1 aromatic carbocycles. The Balaban J connectivity index is 2.29. The Labute approximate surface area is 96.5 Å². The van der Waals surface area contributed by atoms with Gasteiger partial charge in [-0.05, 0) is 44.0 Å². The summed E-state index contributed by atoms with van der Waals surface area (Å²) >= 11 is 0. The number of nitrogens with one attached hydrogen (secondary N) is 1. The lowest BCUT2D eigenvalue weighted by Gasteiger charge is -2.26. The molecule has 1 N–H and O–H groups in total. The Morgan fingerprint density at radius 3 is 2.75 bits per heavy atom. The van der Waals surface area contributed by atoms with Crippen LogP contribution < -0.4 is 10.2 Å². The molecule has 0 atom stereocenters. The average molecular weight is 218 g/mol. The van der Waals surface area contributed by atoms with Crippen molar-refractivity contribution in [2.75, 3.05) is 17.3 Å². The predicted molar refractivity (Wildman–Crippen MR) is 66.9 cm³/mol. The van der Waals surface area contributed by atoms with E-state index < -0.39 is 0 Å². The Morgan fingerprint density at radius 2 is 2.06 bits per heavy atom. The zero-order valence-corrected chi connectivity index (χ0v) is 10.1. The van der Waals surface area contributed by atoms with Crippen molar-refractivity contribution in [1.82, 2.24) is 0 Å². The summed E-state index contributed by atoms with van der Waals surface area (Å²) in [7, 11) is 2.09. The zero-order chi connectivity index (χ0) is 11.7. The first-order valence-corrected chi connectivity index (χ1v) is 5.73. The molecule has 3 heteroatoms. The second-order valence-electron chi connectivity index (χ2n) is 4.59. The van der Waals surface area contributed by atoms with Crippen molar-refractivity contribution in [3.8, 4) is 0 Å². The smallest absolute Gasteiger partial charge is 0.224 e. The minimum Gasteiger partial charge on any atom is -0.372 e. The van der Waals surface area contributed by atoms with Gasteiger partial charge in [-0.1, -0.05) is 0 Å². The number of carbonyl (C=O) groups is 1. The summed E-state index contributed by atoms with van der Waals surface area (Å²) in [6, 6.07) is 6.72. The van der Waals surface area contributed by atoms with Crippen molar-refractivity contribution in [2.24, 2.45) is 0 Å². The van der Waals surface area contributed by atoms with Gasteiger partial charge in [0.1, 0.15) is 0 Å². The van der Waals surface area contributed by atoms with Crippen LogP contribution in [0.2, 0.25) is 0 Å². The first-order valence-electron chi connectivity index (χ1n) is 5.73. The summed E-state index contributed by atoms with van der Waals surface area (Å²) in [5.41, 5.74) is 3.42. The zero-order valence-electron chi connectivity index (χ0n) is 10.1. The molecule has 0 spiro atoms. The molecule has 16 heavy (non-hydrogen) atoms. The number of amides is 1. The number of hydrogen-bond acceptors (Lipinski definition) is 2. The normalized spacial score (nSPS) is 14.6. The summed E-state index contributed by atoms with van der Waals surface area (Å²) in [6.07, 6.45) is 1.45. The van der Waals surface area contributed by atoms with E-state index in [1.807, 2.05) is 6.07 Å². The van der Waals surface area contributed by atoms with Crippen LogP contribution in [-0.2, 0) is 11.2 Å². The van der Waals surface area contributed by atoms with Crippen molar-refractivity contribution in [3.63, 3.8) is 0 Å². The number of carbonyl (C=O) groups excluding carboxylic acids is 1. The maximum absolute atomic E-state index is 11.2. The lowest BCUT2D eigenvalue weighted by atomic mass is 10.0. The predicted octanol–water partition coefficient (Wildman–Crippen LogP) is 2.42. The molecule has 1 aliphatic rings. The quantitative estimate of drug-likeness (QED) is 0.826. The van der Waals surface area contributed by atoms with Gasteiger partial charge in [-0.3, -0.25) is 4.79 Å². The Bertz CT molecular complexity index is 412. The van der Waals surface area contributed by atoms with E-state index in [9.17, 15) is 4.79 Å². The van der Waals surface area contributed by atoms with Gasteiger partial charge in [0.15, 0.2) is 0 Å². The fraction of sp³-hybridized carbons (Fsp3) is 0.462. The minimum atomic E-state index is 0.123. The van der Waals surface area contributed by atoms with Crippen LogP contribution in [-0.4, -0.2) is 19.0 Å². The molecule has 0 unspecified atom stereocenters. The third-order valence-electron chi connectivity index (χ3n) is 3.17. The molecule has 1 heterocycles. The summed E-state index contributed by atoms with van der Waals surface area (Å²) in [6.45, 7) is 4.34. The van der Waals surface area contributed by atoms with Crippen LogP contribution in [0, 0.1) is 0 Å². The number of hydrogen-bond donors (Lipinski definition) is 1. The summed E-state index contributed by atoms with van der Waals surface area (Å²) < 4.78 is 0. The number of rotatable bonds is 2. The van der Waals surface area contributed by atoms with Crippen LogP contribution in [0.25, 0.3) is 0 Å². The molecular weight excluding hydrogens is 200 g/mol. The van der Waals surface area contributed by atoms with Crippen molar-refractivity contribution in [1.29, 1.82) is 0 Å². The van der Waals surface area contributed by atoms with E-state index in [0.717, 1.165) is 12.1 Å². The number of aryl methyl sites for hydroxylation is 1. The maximum Gasteiger partial charge on any atom is 0.224 e. The third kappa shape index (κ3) is 2.03. The van der Waals surface area contributed by atoms with Crippen molar-refractivity contribution in [3.05, 3.63) is 23.8 Å². The fourth-order valence-corrected chi connectivity index (χ4v) is 1.89. The van der Waals surface area contributed by atoms with E-state index in [1.165, 1.54) is 11.3 Å². The van der Waals surface area contributed by atoms with Crippen molar-refractivity contribution in [2.45, 2.75) is 32.7 Å². The SMILES string of the molecule is CC(C)N(C)c1ccc2c(c1)CCC(=O)N2. The molecule has 0 bridgehead atoms. The molecule has 0 saturated heterocycles. The molecule has 2 rings (SSSR count). The molecule has 1 amide bonds. The van der Waals surface area contributed by atoms with Gasteiger partial charge >= 0.3 is 0 Å². The summed E-state index contributed by atoms with van der Waals surface area (Å²) in [4.78, 5) is 13.5. The van der Waals surface area contributed by atoms with E-state index in [1.54, 1.807) is 0 Å². The standard InChI is InChI=1S/C13H18N2O/c1-9(2)15(3)11-5-6-12-10(8-11)4-7-13(16)14-12/h5-6,8-9H,4,7H2,1-3H3,(H,14,16). The van der Waals surface area contributed by atoms with Gasteiger partial charge in [-0.15, -0.1) is 0 Å². The summed E-state index contributed by atoms with van der Waals surface area (Å²) in [5, 5.41) is 2.90. The van der Waals surface area contributed by atoms with E-state index in [0.29, 0.717) is 12.5 Å². The first kappa shape index (κ1) is 11.0. The van der Waals surface area contributed by atoms with Gasteiger partial charge in [0.25, 0.3) is 0 Å². The molecule has 86 valence electrons. The Morgan fingerprint density at radius 1 is 1.31 bits per heavy atom. The van der Waals surface area contributed by atoms with Crippen LogP contribution in [0.5, 0.6) is 0 Å². The van der Waals surface area contributed by atoms with Crippen LogP contribution in [0.1, 0.15) is 25.8 Å². The van der Waals surface area contributed by atoms with Crippen LogP contribution in [0.4, 0.5) is 11.4 Å². The highest BCUT2D eigenvalue weighted by Gasteiger charge is 2.15. The lowest BCUT2D eigenvalue weighted by molar-refractivity contribution is -0.116. The van der Waals surface area contributed by atoms with Gasteiger partial charge in [-0.2, -0.15) is 0 Å². The molecular formula is C13H18N2O. The second kappa shape index (κ2) is 4.16. The number of anilines is 2. The van der Waals surface area contributed by atoms with Gasteiger partial charge in [0.2, 0.25) is 5.91 Å². The molecule has 0 saturated carbocycles. The van der Waals surface area contributed by atoms with E-state index in [4.69, 9.17) is 0 Å².